The summed E-state index contributed by atoms with van der Waals surface area (Å²) in [5.41, 5.74) is 2.96. The summed E-state index contributed by atoms with van der Waals surface area (Å²) in [7, 11) is 1.92. The van der Waals surface area contributed by atoms with Crippen LogP contribution in [0.25, 0.3) is 11.3 Å². The third kappa shape index (κ3) is 3.75. The second-order valence-electron chi connectivity index (χ2n) is 5.33. The van der Waals surface area contributed by atoms with Gasteiger partial charge < -0.3 is 5.32 Å². The van der Waals surface area contributed by atoms with Crippen molar-refractivity contribution in [1.82, 2.24) is 15.1 Å². The fourth-order valence-electron chi connectivity index (χ4n) is 2.07. The van der Waals surface area contributed by atoms with Gasteiger partial charge in [0, 0.05) is 35.9 Å². The molecule has 0 radical (unpaired) electrons. The molecule has 0 aliphatic rings. The van der Waals surface area contributed by atoms with Gasteiger partial charge in [-0.25, -0.2) is 0 Å². The molecule has 3 nitrogen and oxygen atoms in total. The number of hydrogen-bond acceptors (Lipinski definition) is 2. The second-order valence-corrected chi connectivity index (χ2v) is 6.17. The molecule has 0 unspecified atom stereocenters. The van der Waals surface area contributed by atoms with Crippen LogP contribution in [0.3, 0.4) is 0 Å². The van der Waals surface area contributed by atoms with E-state index in [0.717, 1.165) is 29.9 Å². The van der Waals surface area contributed by atoms with Gasteiger partial charge in [0.2, 0.25) is 0 Å². The van der Waals surface area contributed by atoms with Gasteiger partial charge in [-0.15, -0.1) is 0 Å². The minimum Gasteiger partial charge on any atom is -0.312 e. The van der Waals surface area contributed by atoms with Gasteiger partial charge in [-0.1, -0.05) is 37.0 Å². The summed E-state index contributed by atoms with van der Waals surface area (Å²) < 4.78 is 1.81. The quantitative estimate of drug-likeness (QED) is 0.899. The van der Waals surface area contributed by atoms with Crippen LogP contribution in [-0.4, -0.2) is 16.3 Å². The van der Waals surface area contributed by atoms with E-state index in [0.29, 0.717) is 16.0 Å². The topological polar surface area (TPSA) is 29.9 Å². The molecule has 0 bridgehead atoms. The summed E-state index contributed by atoms with van der Waals surface area (Å²) in [4.78, 5) is 0. The lowest BCUT2D eigenvalue weighted by molar-refractivity contribution is 0.552. The highest BCUT2D eigenvalue weighted by atomic mass is 35.5. The molecule has 0 fully saturated rings. The molecule has 0 saturated carbocycles. The summed E-state index contributed by atoms with van der Waals surface area (Å²) in [5.74, 6) is 0.620. The second kappa shape index (κ2) is 6.61. The number of rotatable bonds is 5. The maximum Gasteiger partial charge on any atom is 0.0982 e. The zero-order chi connectivity index (χ0) is 14.7. The van der Waals surface area contributed by atoms with Gasteiger partial charge in [0.25, 0.3) is 0 Å². The van der Waals surface area contributed by atoms with Crippen LogP contribution in [0.1, 0.15) is 19.4 Å². The number of benzene rings is 1. The van der Waals surface area contributed by atoms with E-state index in [9.17, 15) is 0 Å². The summed E-state index contributed by atoms with van der Waals surface area (Å²) in [6.45, 7) is 6.13. The van der Waals surface area contributed by atoms with Crippen LogP contribution in [0, 0.1) is 5.92 Å². The maximum absolute atomic E-state index is 6.28. The van der Waals surface area contributed by atoms with Crippen LogP contribution in [0.5, 0.6) is 0 Å². The van der Waals surface area contributed by atoms with Gasteiger partial charge in [0.1, 0.15) is 0 Å². The van der Waals surface area contributed by atoms with E-state index < -0.39 is 0 Å². The Hall–Kier alpha value is -1.03. The highest BCUT2D eigenvalue weighted by molar-refractivity contribution is 6.36. The summed E-state index contributed by atoms with van der Waals surface area (Å²) in [6.07, 6.45) is 2.02. The van der Waals surface area contributed by atoms with Crippen LogP contribution >= 0.6 is 23.2 Å². The smallest absolute Gasteiger partial charge is 0.0982 e. The van der Waals surface area contributed by atoms with Crippen molar-refractivity contribution in [1.29, 1.82) is 0 Å². The summed E-state index contributed by atoms with van der Waals surface area (Å²) in [5, 5.41) is 9.21. The Morgan fingerprint density at radius 1 is 1.30 bits per heavy atom. The first-order chi connectivity index (χ1) is 9.47. The van der Waals surface area contributed by atoms with E-state index in [2.05, 4.69) is 24.3 Å². The molecular weight excluding hydrogens is 293 g/mol. The first-order valence-electron chi connectivity index (χ1n) is 6.66. The van der Waals surface area contributed by atoms with Crippen molar-refractivity contribution in [2.24, 2.45) is 13.0 Å². The Labute approximate surface area is 129 Å². The molecule has 2 aromatic rings. The molecule has 0 aliphatic heterocycles. The lowest BCUT2D eigenvalue weighted by Gasteiger charge is -2.08. The summed E-state index contributed by atoms with van der Waals surface area (Å²) >= 11 is 12.2. The Kier molecular flexibility index (Phi) is 5.08. The number of nitrogens with one attached hydrogen (secondary N) is 1. The maximum atomic E-state index is 6.28. The van der Waals surface area contributed by atoms with E-state index in [1.807, 2.05) is 30.1 Å². The molecule has 1 heterocycles. The fraction of sp³-hybridized carbons (Fsp3) is 0.400. The largest absolute Gasteiger partial charge is 0.312 e. The van der Waals surface area contributed by atoms with Gasteiger partial charge >= 0.3 is 0 Å². The van der Waals surface area contributed by atoms with Gasteiger partial charge in [0.15, 0.2) is 0 Å². The van der Waals surface area contributed by atoms with Gasteiger partial charge in [-0.05, 0) is 30.7 Å². The highest BCUT2D eigenvalue weighted by Crippen LogP contribution is 2.31. The van der Waals surface area contributed by atoms with Crippen LogP contribution in [0.2, 0.25) is 10.0 Å². The molecule has 0 saturated heterocycles. The predicted octanol–water partition coefficient (Wildman–Crippen LogP) is 4.14. The zero-order valence-electron chi connectivity index (χ0n) is 12.0. The van der Waals surface area contributed by atoms with E-state index in [1.54, 1.807) is 6.07 Å². The normalized spacial score (nSPS) is 11.3. The predicted molar refractivity (Wildman–Crippen MR) is 85.2 cm³/mol. The molecule has 0 atom stereocenters. The van der Waals surface area contributed by atoms with Crippen molar-refractivity contribution in [3.63, 3.8) is 0 Å². The van der Waals surface area contributed by atoms with Gasteiger partial charge in [-0.3, -0.25) is 4.68 Å². The molecule has 20 heavy (non-hydrogen) atoms. The Morgan fingerprint density at radius 2 is 2.05 bits per heavy atom. The molecule has 5 heteroatoms. The Morgan fingerprint density at radius 3 is 2.70 bits per heavy atom. The standard InChI is InChI=1S/C15H19Cl2N3/c1-10(2)7-18-8-11-9-20(3)19-15(11)13-5-4-12(16)6-14(13)17/h4-6,9-10,18H,7-8H2,1-3H3. The van der Waals surface area contributed by atoms with E-state index >= 15 is 0 Å². The number of halogens is 2. The highest BCUT2D eigenvalue weighted by Gasteiger charge is 2.13. The molecule has 1 N–H and O–H groups in total. The van der Waals surface area contributed by atoms with Crippen LogP contribution in [0.4, 0.5) is 0 Å². The number of nitrogens with zero attached hydrogens (tertiary/aromatic N) is 2. The van der Waals surface area contributed by atoms with Crippen molar-refractivity contribution in [3.8, 4) is 11.3 Å². The lowest BCUT2D eigenvalue weighted by atomic mass is 10.1. The monoisotopic (exact) mass is 311 g/mol. The van der Waals surface area contributed by atoms with Crippen LogP contribution in [-0.2, 0) is 13.6 Å². The zero-order valence-corrected chi connectivity index (χ0v) is 13.5. The van der Waals surface area contributed by atoms with E-state index in [1.165, 1.54) is 0 Å². The van der Waals surface area contributed by atoms with Crippen molar-refractivity contribution >= 4 is 23.2 Å². The Bertz CT molecular complexity index is 591. The molecule has 0 aliphatic carbocycles. The summed E-state index contributed by atoms with van der Waals surface area (Å²) in [6, 6.07) is 5.50. The van der Waals surface area contributed by atoms with Crippen LogP contribution in [0.15, 0.2) is 24.4 Å². The third-order valence-corrected chi connectivity index (χ3v) is 3.51. The minimum atomic E-state index is 0.620. The molecule has 0 spiro atoms. The Balaban J connectivity index is 2.27. The third-order valence-electron chi connectivity index (χ3n) is 2.96. The van der Waals surface area contributed by atoms with Gasteiger partial charge in [0.05, 0.1) is 10.7 Å². The molecule has 0 amide bonds. The molecule has 108 valence electrons. The van der Waals surface area contributed by atoms with Crippen molar-refractivity contribution in [2.75, 3.05) is 6.54 Å². The van der Waals surface area contributed by atoms with Gasteiger partial charge in [-0.2, -0.15) is 5.10 Å². The van der Waals surface area contributed by atoms with Crippen molar-refractivity contribution in [3.05, 3.63) is 40.0 Å². The molecule has 2 rings (SSSR count). The number of aromatic nitrogens is 2. The minimum absolute atomic E-state index is 0.620. The number of hydrogen-bond donors (Lipinski definition) is 1. The van der Waals surface area contributed by atoms with Crippen molar-refractivity contribution in [2.45, 2.75) is 20.4 Å². The fourth-order valence-corrected chi connectivity index (χ4v) is 2.57. The van der Waals surface area contributed by atoms with Crippen molar-refractivity contribution < 1.29 is 0 Å². The van der Waals surface area contributed by atoms with E-state index in [4.69, 9.17) is 23.2 Å². The lowest BCUT2D eigenvalue weighted by Crippen LogP contribution is -2.19. The SMILES string of the molecule is CC(C)CNCc1cn(C)nc1-c1ccc(Cl)cc1Cl. The molecule has 1 aromatic carbocycles. The molecular formula is C15H19Cl2N3. The average Bonchev–Trinajstić information content (AvgIpc) is 2.70. The average molecular weight is 312 g/mol. The number of aryl methyl sites for hydroxylation is 1. The first-order valence-corrected chi connectivity index (χ1v) is 7.41. The van der Waals surface area contributed by atoms with E-state index in [-0.39, 0.29) is 0 Å². The molecule has 1 aromatic heterocycles. The van der Waals surface area contributed by atoms with Crippen LogP contribution < -0.4 is 5.32 Å². The first kappa shape index (κ1) is 15.4.